The summed E-state index contributed by atoms with van der Waals surface area (Å²) in [6.45, 7) is 1.26. The Hall–Kier alpha value is -1.06. The summed E-state index contributed by atoms with van der Waals surface area (Å²) in [5, 5.41) is 48.2. The molecule has 4 atom stereocenters. The van der Waals surface area contributed by atoms with Crippen LogP contribution < -0.4 is 5.32 Å². The first-order chi connectivity index (χ1) is 10.8. The smallest absolute Gasteiger partial charge is 0.258 e. The molecule has 0 aromatic carbocycles. The number of amides is 2. The fourth-order valence-electron chi connectivity index (χ4n) is 2.02. The van der Waals surface area contributed by atoms with Crippen LogP contribution in [0.1, 0.15) is 51.9 Å². The Balaban J connectivity index is 4.08. The lowest BCUT2D eigenvalue weighted by Gasteiger charge is -2.24. The molecule has 136 valence electrons. The first-order valence-electron chi connectivity index (χ1n) is 8.01. The van der Waals surface area contributed by atoms with Crippen LogP contribution in [0.3, 0.4) is 0 Å². The van der Waals surface area contributed by atoms with E-state index in [4.69, 9.17) is 10.2 Å². The average molecular weight is 335 g/mol. The van der Waals surface area contributed by atoms with Crippen molar-refractivity contribution in [2.45, 2.75) is 76.3 Å². The summed E-state index contributed by atoms with van der Waals surface area (Å²) in [5.41, 5.74) is 0. The zero-order valence-corrected chi connectivity index (χ0v) is 13.5. The Labute approximate surface area is 136 Å². The molecular weight excluding hydrogens is 306 g/mol. The van der Waals surface area contributed by atoms with Crippen LogP contribution in [0, 0.1) is 0 Å². The van der Waals surface area contributed by atoms with E-state index in [0.717, 1.165) is 32.1 Å². The van der Waals surface area contributed by atoms with Crippen LogP contribution in [0.2, 0.25) is 0 Å². The summed E-state index contributed by atoms with van der Waals surface area (Å²) in [6.07, 6.45) is -1.69. The fraction of sp³-hybridized carbons (Fsp3) is 0.867. The van der Waals surface area contributed by atoms with Crippen molar-refractivity contribution in [2.24, 2.45) is 0 Å². The topological polar surface area (TPSA) is 147 Å². The number of unbranched alkanes of at least 4 members (excludes halogenated alkanes) is 5. The van der Waals surface area contributed by atoms with Gasteiger partial charge in [0.2, 0.25) is 5.91 Å². The molecule has 0 spiro atoms. The summed E-state index contributed by atoms with van der Waals surface area (Å²) < 4.78 is 0. The van der Waals surface area contributed by atoms with Crippen molar-refractivity contribution in [3.63, 3.8) is 0 Å². The van der Waals surface area contributed by atoms with E-state index in [1.54, 1.807) is 0 Å². The van der Waals surface area contributed by atoms with Crippen LogP contribution in [0.4, 0.5) is 0 Å². The van der Waals surface area contributed by atoms with Gasteiger partial charge in [0, 0.05) is 6.42 Å². The molecule has 0 aliphatic carbocycles. The first kappa shape index (κ1) is 21.9. The normalized spacial score (nSPS) is 16.4. The molecule has 0 heterocycles. The molecule has 0 saturated heterocycles. The highest BCUT2D eigenvalue weighted by Gasteiger charge is 2.34. The second kappa shape index (κ2) is 12.4. The van der Waals surface area contributed by atoms with E-state index < -0.39 is 42.8 Å². The highest BCUT2D eigenvalue weighted by molar-refractivity contribution is 5.97. The summed E-state index contributed by atoms with van der Waals surface area (Å²) in [6, 6.07) is 0. The lowest BCUT2D eigenvalue weighted by atomic mass is 10.0. The van der Waals surface area contributed by atoms with Crippen molar-refractivity contribution in [3.8, 4) is 0 Å². The van der Waals surface area contributed by atoms with Gasteiger partial charge in [-0.15, -0.1) is 0 Å². The second-order valence-corrected chi connectivity index (χ2v) is 5.61. The van der Waals surface area contributed by atoms with Crippen molar-refractivity contribution in [1.29, 1.82) is 0 Å². The van der Waals surface area contributed by atoms with E-state index in [1.165, 1.54) is 0 Å². The summed E-state index contributed by atoms with van der Waals surface area (Å²) >= 11 is 0. The summed E-state index contributed by atoms with van der Waals surface area (Å²) in [7, 11) is 0. The summed E-state index contributed by atoms with van der Waals surface area (Å²) in [4.78, 5) is 23.1. The van der Waals surface area contributed by atoms with E-state index in [-0.39, 0.29) is 6.42 Å². The SMILES string of the molecule is CCCCCCCCC(=O)NC(=O)[C@H](O)[C@@H](O)[C@H](O)[C@H](O)CO. The zero-order chi connectivity index (χ0) is 17.8. The lowest BCUT2D eigenvalue weighted by molar-refractivity contribution is -0.151. The van der Waals surface area contributed by atoms with E-state index in [0.29, 0.717) is 6.42 Å². The van der Waals surface area contributed by atoms with Crippen molar-refractivity contribution in [3.05, 3.63) is 0 Å². The van der Waals surface area contributed by atoms with Gasteiger partial charge < -0.3 is 25.5 Å². The molecule has 0 rings (SSSR count). The lowest BCUT2D eigenvalue weighted by Crippen LogP contribution is -2.52. The molecule has 0 bridgehead atoms. The largest absolute Gasteiger partial charge is 0.394 e. The molecule has 23 heavy (non-hydrogen) atoms. The number of carbonyl (C=O) groups is 2. The predicted octanol–water partition coefficient (Wildman–Crippen LogP) is -1.18. The van der Waals surface area contributed by atoms with Gasteiger partial charge in [-0.2, -0.15) is 0 Å². The summed E-state index contributed by atoms with van der Waals surface area (Å²) in [5.74, 6) is -1.73. The maximum atomic E-state index is 11.6. The third-order valence-electron chi connectivity index (χ3n) is 3.54. The number of hydrogen-bond donors (Lipinski definition) is 6. The van der Waals surface area contributed by atoms with Gasteiger partial charge in [-0.25, -0.2) is 0 Å². The minimum absolute atomic E-state index is 0.127. The van der Waals surface area contributed by atoms with Gasteiger partial charge in [0.15, 0.2) is 6.10 Å². The molecule has 2 amide bonds. The van der Waals surface area contributed by atoms with Gasteiger partial charge in [-0.1, -0.05) is 39.0 Å². The minimum Gasteiger partial charge on any atom is -0.394 e. The number of imide groups is 1. The molecule has 0 saturated carbocycles. The number of carbonyl (C=O) groups excluding carboxylic acids is 2. The molecule has 0 radical (unpaired) electrons. The maximum absolute atomic E-state index is 11.6. The Morgan fingerprint density at radius 1 is 0.913 bits per heavy atom. The molecule has 0 aromatic heterocycles. The monoisotopic (exact) mass is 335 g/mol. The highest BCUT2D eigenvalue weighted by Crippen LogP contribution is 2.08. The van der Waals surface area contributed by atoms with Gasteiger partial charge in [-0.3, -0.25) is 14.9 Å². The quantitative estimate of drug-likeness (QED) is 0.246. The number of aliphatic hydroxyl groups excluding tert-OH is 5. The Morgan fingerprint density at radius 3 is 2.04 bits per heavy atom. The fourth-order valence-corrected chi connectivity index (χ4v) is 2.02. The van der Waals surface area contributed by atoms with Gasteiger partial charge in [0.1, 0.15) is 18.3 Å². The van der Waals surface area contributed by atoms with Crippen LogP contribution in [0.5, 0.6) is 0 Å². The average Bonchev–Trinajstić information content (AvgIpc) is 2.54. The third kappa shape index (κ3) is 8.97. The van der Waals surface area contributed by atoms with Crippen molar-refractivity contribution >= 4 is 11.8 Å². The predicted molar refractivity (Wildman–Crippen MR) is 82.3 cm³/mol. The molecule has 8 heteroatoms. The Kier molecular flexibility index (Phi) is 11.8. The van der Waals surface area contributed by atoms with Gasteiger partial charge in [-0.05, 0) is 6.42 Å². The van der Waals surface area contributed by atoms with Crippen LogP contribution >= 0.6 is 0 Å². The van der Waals surface area contributed by atoms with Crippen molar-refractivity contribution in [2.75, 3.05) is 6.61 Å². The number of nitrogens with one attached hydrogen (secondary N) is 1. The van der Waals surface area contributed by atoms with Gasteiger partial charge >= 0.3 is 0 Å². The standard InChI is InChI=1S/C15H29NO7/c1-2-3-4-5-6-7-8-11(19)16-15(23)14(22)13(21)12(20)10(18)9-17/h10,12-14,17-18,20-22H,2-9H2,1H3,(H,16,19,23)/t10-,12-,13+,14-/m1/s1. The minimum atomic E-state index is -2.08. The third-order valence-corrected chi connectivity index (χ3v) is 3.54. The molecular formula is C15H29NO7. The molecule has 0 fully saturated rings. The molecule has 6 N–H and O–H groups in total. The second-order valence-electron chi connectivity index (χ2n) is 5.61. The molecule has 0 aliphatic heterocycles. The van der Waals surface area contributed by atoms with Crippen molar-refractivity contribution in [1.82, 2.24) is 5.32 Å². The van der Waals surface area contributed by atoms with Gasteiger partial charge in [0.25, 0.3) is 5.91 Å². The van der Waals surface area contributed by atoms with Crippen LogP contribution in [0.25, 0.3) is 0 Å². The van der Waals surface area contributed by atoms with E-state index in [2.05, 4.69) is 6.92 Å². The Bertz CT molecular complexity index is 351. The number of aliphatic hydroxyl groups is 5. The molecule has 0 aromatic rings. The highest BCUT2D eigenvalue weighted by atomic mass is 16.4. The van der Waals surface area contributed by atoms with Crippen molar-refractivity contribution < 1.29 is 35.1 Å². The zero-order valence-electron chi connectivity index (χ0n) is 13.5. The van der Waals surface area contributed by atoms with E-state index in [1.807, 2.05) is 5.32 Å². The molecule has 0 unspecified atom stereocenters. The van der Waals surface area contributed by atoms with Gasteiger partial charge in [0.05, 0.1) is 6.61 Å². The first-order valence-corrected chi connectivity index (χ1v) is 8.01. The van der Waals surface area contributed by atoms with E-state index in [9.17, 15) is 24.9 Å². The number of rotatable bonds is 12. The molecule has 0 aliphatic rings. The van der Waals surface area contributed by atoms with E-state index >= 15 is 0 Å². The Morgan fingerprint density at radius 2 is 1.48 bits per heavy atom. The number of hydrogen-bond acceptors (Lipinski definition) is 7. The van der Waals surface area contributed by atoms with Crippen LogP contribution in [-0.4, -0.2) is 68.4 Å². The molecule has 8 nitrogen and oxygen atoms in total. The van der Waals surface area contributed by atoms with Crippen LogP contribution in [0.15, 0.2) is 0 Å². The van der Waals surface area contributed by atoms with Crippen LogP contribution in [-0.2, 0) is 9.59 Å². The maximum Gasteiger partial charge on any atom is 0.258 e.